The lowest BCUT2D eigenvalue weighted by Crippen LogP contribution is -2.55. The lowest BCUT2D eigenvalue weighted by atomic mass is 9.87. The number of methoxy groups -OCH3 is 1. The molecule has 39 heavy (non-hydrogen) atoms. The van der Waals surface area contributed by atoms with E-state index in [1.165, 1.54) is 45.5 Å². The number of likely N-dealkylation sites (N-methyl/N-ethyl adjacent to an activating group) is 1. The van der Waals surface area contributed by atoms with Crippen molar-refractivity contribution < 1.29 is 27.6 Å². The number of esters is 1. The molecule has 206 valence electrons. The minimum absolute atomic E-state index is 0.00606. The van der Waals surface area contributed by atoms with E-state index in [0.29, 0.717) is 34.1 Å². The number of nitrogens with two attached hydrogens (primary N) is 1. The summed E-state index contributed by atoms with van der Waals surface area (Å²) < 4.78 is 33.9. The van der Waals surface area contributed by atoms with E-state index in [1.54, 1.807) is 25.1 Å². The van der Waals surface area contributed by atoms with E-state index >= 15 is 0 Å². The van der Waals surface area contributed by atoms with Gasteiger partial charge >= 0.3 is 12.0 Å². The Balaban J connectivity index is 2.33. The van der Waals surface area contributed by atoms with Crippen LogP contribution in [-0.4, -0.2) is 62.1 Å². The molecule has 1 aliphatic heterocycles. The molecule has 2 amide bonds. The molecule has 0 saturated heterocycles. The number of hydrogen-bond acceptors (Lipinski definition) is 5. The Morgan fingerprint density at radius 1 is 1.23 bits per heavy atom. The van der Waals surface area contributed by atoms with Crippen LogP contribution in [0.3, 0.4) is 0 Å². The van der Waals surface area contributed by atoms with Crippen molar-refractivity contribution in [1.29, 1.82) is 10.7 Å². The Morgan fingerprint density at radius 3 is 2.44 bits per heavy atom. The number of nitrogens with one attached hydrogen (secondary N) is 1. The number of carbonyl (C=O) groups excluding carboxylic acids is 2. The molecule has 0 bridgehead atoms. The van der Waals surface area contributed by atoms with Gasteiger partial charge in [-0.15, -0.1) is 0 Å². The highest BCUT2D eigenvalue weighted by Gasteiger charge is 2.44. The van der Waals surface area contributed by atoms with E-state index in [0.717, 1.165) is 4.90 Å². The normalized spacial score (nSPS) is 16.3. The summed E-state index contributed by atoms with van der Waals surface area (Å²) in [5.41, 5.74) is 4.13. The van der Waals surface area contributed by atoms with Crippen molar-refractivity contribution in [2.45, 2.75) is 25.1 Å². The van der Waals surface area contributed by atoms with Crippen molar-refractivity contribution in [3.8, 4) is 6.07 Å². The van der Waals surface area contributed by atoms with Gasteiger partial charge in [0.15, 0.2) is 0 Å². The summed E-state index contributed by atoms with van der Waals surface area (Å²) in [5, 5.41) is 18.5. The van der Waals surface area contributed by atoms with Crippen molar-refractivity contribution in [3.05, 3.63) is 76.0 Å². The lowest BCUT2D eigenvalue weighted by molar-refractivity contribution is -0.870. The monoisotopic (exact) mass is 557 g/mol. The maximum absolute atomic E-state index is 14.1. The first-order chi connectivity index (χ1) is 18.1. The quantitative estimate of drug-likeness (QED) is 0.302. The van der Waals surface area contributed by atoms with Crippen molar-refractivity contribution in [3.63, 3.8) is 0 Å². The van der Waals surface area contributed by atoms with Crippen LogP contribution in [0.1, 0.15) is 35.2 Å². The Bertz CT molecular complexity index is 1390. The lowest BCUT2D eigenvalue weighted by Gasteiger charge is -2.43. The Morgan fingerprint density at radius 2 is 1.90 bits per heavy atom. The van der Waals surface area contributed by atoms with Crippen molar-refractivity contribution in [2.24, 2.45) is 5.73 Å². The van der Waals surface area contributed by atoms with Crippen LogP contribution in [0.15, 0.2) is 53.7 Å². The number of halogens is 2. The van der Waals surface area contributed by atoms with Crippen LogP contribution in [0.2, 0.25) is 0 Å². The van der Waals surface area contributed by atoms with Crippen LogP contribution in [0.25, 0.3) is 0 Å². The number of urea groups is 1. The third-order valence-electron chi connectivity index (χ3n) is 6.45. The standard InChI is InChI=1S/C27H31F2N6O3P/c1-16-22(24(36)38-5)23(21-10-9-17(15-30)13-18(21)11-12-35(2,3)4)34(26(32)37)25(31)33(16)20-8-6-7-19(14-20)27(28,29)39/h6-10,13-14,23,31H,11-12,39H2,1-5H3,(H-,32,37)/p+1/t23-/m1/s1. The molecule has 9 nitrogen and oxygen atoms in total. The summed E-state index contributed by atoms with van der Waals surface area (Å²) in [4.78, 5) is 28.3. The predicted molar refractivity (Wildman–Crippen MR) is 147 cm³/mol. The number of guanidine groups is 1. The molecule has 1 unspecified atom stereocenters. The van der Waals surface area contributed by atoms with Crippen LogP contribution in [0.4, 0.5) is 19.3 Å². The summed E-state index contributed by atoms with van der Waals surface area (Å²) >= 11 is 0. The van der Waals surface area contributed by atoms with Gasteiger partial charge in [-0.2, -0.15) is 14.0 Å². The average Bonchev–Trinajstić information content (AvgIpc) is 2.85. The molecule has 0 fully saturated rings. The number of quaternary nitrogens is 1. The fraction of sp³-hybridized carbons (Fsp3) is 0.333. The fourth-order valence-electron chi connectivity index (χ4n) is 4.51. The highest BCUT2D eigenvalue weighted by Crippen LogP contribution is 2.42. The molecule has 0 spiro atoms. The van der Waals surface area contributed by atoms with E-state index < -0.39 is 29.7 Å². The number of hydrogen-bond donors (Lipinski definition) is 2. The van der Waals surface area contributed by atoms with Gasteiger partial charge in [0.25, 0.3) is 5.66 Å². The minimum Gasteiger partial charge on any atom is -0.466 e. The molecule has 0 radical (unpaired) electrons. The van der Waals surface area contributed by atoms with Crippen LogP contribution in [0, 0.1) is 16.7 Å². The molecule has 1 heterocycles. The number of rotatable bonds is 7. The molecule has 0 aliphatic carbocycles. The minimum atomic E-state index is -3.24. The summed E-state index contributed by atoms with van der Waals surface area (Å²) in [6, 6.07) is 10.1. The van der Waals surface area contributed by atoms with Crippen molar-refractivity contribution >= 4 is 32.9 Å². The Hall–Kier alpha value is -3.87. The molecule has 12 heteroatoms. The van der Waals surface area contributed by atoms with Gasteiger partial charge in [0, 0.05) is 23.4 Å². The maximum atomic E-state index is 14.1. The highest BCUT2D eigenvalue weighted by molar-refractivity contribution is 7.17. The summed E-state index contributed by atoms with van der Waals surface area (Å²) in [5.74, 6) is -1.21. The molecular formula is C27H32F2N6O3P+. The number of nitrogens with zero attached hydrogens (tertiary/aromatic N) is 4. The van der Waals surface area contributed by atoms with Crippen LogP contribution < -0.4 is 10.6 Å². The fourth-order valence-corrected chi connectivity index (χ4v) is 4.69. The second kappa shape index (κ2) is 11.1. The summed E-state index contributed by atoms with van der Waals surface area (Å²) in [6.07, 6.45) is 0.493. The van der Waals surface area contributed by atoms with Gasteiger partial charge in [-0.25, -0.2) is 9.59 Å². The number of alkyl halides is 2. The van der Waals surface area contributed by atoms with Gasteiger partial charge in [-0.05, 0) is 42.3 Å². The average molecular weight is 558 g/mol. The van der Waals surface area contributed by atoms with Gasteiger partial charge in [0.2, 0.25) is 5.96 Å². The number of anilines is 1. The van der Waals surface area contributed by atoms with Gasteiger partial charge in [0.05, 0.1) is 52.0 Å². The van der Waals surface area contributed by atoms with Gasteiger partial charge in [0.1, 0.15) is 6.04 Å². The Labute approximate surface area is 228 Å². The summed E-state index contributed by atoms with van der Waals surface area (Å²) in [7, 11) is 8.67. The molecule has 2 aromatic rings. The summed E-state index contributed by atoms with van der Waals surface area (Å²) in [6.45, 7) is 2.22. The number of allylic oxidation sites excluding steroid dienone is 1. The van der Waals surface area contributed by atoms with Crippen LogP contribution in [0.5, 0.6) is 0 Å². The topological polar surface area (TPSA) is 124 Å². The first-order valence-corrected chi connectivity index (χ1v) is 12.6. The number of ether oxygens (including phenoxy) is 1. The van der Waals surface area contributed by atoms with E-state index in [9.17, 15) is 23.6 Å². The van der Waals surface area contributed by atoms with Crippen LogP contribution in [-0.2, 0) is 21.6 Å². The van der Waals surface area contributed by atoms with E-state index in [2.05, 4.69) is 6.07 Å². The largest absolute Gasteiger partial charge is 0.466 e. The first kappa shape index (κ1) is 29.7. The molecule has 1 aliphatic rings. The Kier molecular flexibility index (Phi) is 8.44. The second-order valence-electron chi connectivity index (χ2n) is 10.2. The number of benzene rings is 2. The molecule has 2 atom stereocenters. The predicted octanol–water partition coefficient (Wildman–Crippen LogP) is 4.06. The third kappa shape index (κ3) is 6.24. The number of primary amides is 1. The van der Waals surface area contributed by atoms with Gasteiger partial charge in [-0.3, -0.25) is 15.2 Å². The van der Waals surface area contributed by atoms with Gasteiger partial charge in [-0.1, -0.05) is 27.4 Å². The maximum Gasteiger partial charge on any atom is 0.338 e. The zero-order chi connectivity index (χ0) is 29.3. The number of amides is 2. The van der Waals surface area contributed by atoms with E-state index in [-0.39, 0.29) is 22.5 Å². The number of nitriles is 1. The van der Waals surface area contributed by atoms with Crippen molar-refractivity contribution in [1.82, 2.24) is 4.90 Å². The van der Waals surface area contributed by atoms with E-state index in [1.807, 2.05) is 21.1 Å². The van der Waals surface area contributed by atoms with Crippen molar-refractivity contribution in [2.75, 3.05) is 39.7 Å². The SMILES string of the molecule is COC(=O)C1=C(C)N(c2cccc(C(F)(F)P)c2)C(=N)N(C(N)=O)[C@@H]1c1ccc(C#N)cc1CC[N+](C)(C)C. The van der Waals surface area contributed by atoms with Crippen LogP contribution >= 0.6 is 9.24 Å². The van der Waals surface area contributed by atoms with Gasteiger partial charge < -0.3 is 15.0 Å². The smallest absolute Gasteiger partial charge is 0.338 e. The molecule has 0 aromatic heterocycles. The molecule has 3 N–H and O–H groups in total. The second-order valence-corrected chi connectivity index (χ2v) is 10.9. The molecule has 2 aromatic carbocycles. The molecule has 0 saturated carbocycles. The zero-order valence-corrected chi connectivity index (χ0v) is 23.6. The highest BCUT2D eigenvalue weighted by atomic mass is 31.0. The number of carbonyl (C=O) groups is 2. The molecule has 3 rings (SSSR count). The van der Waals surface area contributed by atoms with E-state index in [4.69, 9.17) is 15.9 Å². The first-order valence-electron chi connectivity index (χ1n) is 12.0. The zero-order valence-electron chi connectivity index (χ0n) is 22.5. The molecular weight excluding hydrogens is 525 g/mol. The third-order valence-corrected chi connectivity index (χ3v) is 6.78.